The van der Waals surface area contributed by atoms with Crippen molar-refractivity contribution in [1.82, 2.24) is 5.32 Å². The summed E-state index contributed by atoms with van der Waals surface area (Å²) in [4.78, 5) is 24.3. The van der Waals surface area contributed by atoms with Gasteiger partial charge in [-0.25, -0.2) is 0 Å². The Kier molecular flexibility index (Phi) is 8.78. The molecular formula is C26H29ClN2O5. The number of nitriles is 1. The maximum absolute atomic E-state index is 12.6. The Bertz CT molecular complexity index is 1070. The minimum absolute atomic E-state index is 0.0342. The van der Waals surface area contributed by atoms with Crippen molar-refractivity contribution in [3.63, 3.8) is 0 Å². The first-order chi connectivity index (χ1) is 16.4. The number of benzene rings is 2. The van der Waals surface area contributed by atoms with Crippen molar-refractivity contribution in [2.75, 3.05) is 20.8 Å². The number of esters is 1. The van der Waals surface area contributed by atoms with Crippen molar-refractivity contribution in [2.24, 2.45) is 11.8 Å². The second-order valence-electron chi connectivity index (χ2n) is 8.42. The zero-order valence-electron chi connectivity index (χ0n) is 19.6. The third kappa shape index (κ3) is 6.21. The minimum Gasteiger partial charge on any atom is -0.496 e. The number of rotatable bonds is 8. The normalized spacial score (nSPS) is 18.3. The van der Waals surface area contributed by atoms with E-state index in [-0.39, 0.29) is 17.8 Å². The average molecular weight is 485 g/mol. The Balaban J connectivity index is 1.58. The number of hydrogen-bond donors (Lipinski definition) is 1. The minimum atomic E-state index is -0.430. The van der Waals surface area contributed by atoms with E-state index in [1.54, 1.807) is 43.5 Å². The van der Waals surface area contributed by atoms with E-state index >= 15 is 0 Å². The maximum Gasteiger partial charge on any atom is 0.308 e. The van der Waals surface area contributed by atoms with Crippen LogP contribution in [0.2, 0.25) is 5.02 Å². The topological polar surface area (TPSA) is 97.6 Å². The fourth-order valence-corrected chi connectivity index (χ4v) is 4.45. The number of ether oxygens (including phenoxy) is 3. The molecule has 1 fully saturated rings. The van der Waals surface area contributed by atoms with Crippen molar-refractivity contribution in [3.8, 4) is 17.6 Å². The molecule has 1 aliphatic carbocycles. The third-order valence-corrected chi connectivity index (χ3v) is 6.52. The molecule has 2 aromatic carbocycles. The number of hydrogen-bond acceptors (Lipinski definition) is 6. The average Bonchev–Trinajstić information content (AvgIpc) is 2.87. The molecule has 0 bridgehead atoms. The SMILES string of the molecule is COc1ccc(C#N)cc1C(C)Oc1ccc(C(=O)NC[C@H]2CC[C@H](C(=O)OC)CC2)cc1Cl. The van der Waals surface area contributed by atoms with E-state index in [0.29, 0.717) is 40.1 Å². The fraction of sp³-hybridized carbons (Fsp3) is 0.423. The van der Waals surface area contributed by atoms with Crippen LogP contribution < -0.4 is 14.8 Å². The molecule has 0 radical (unpaired) electrons. The summed E-state index contributed by atoms with van der Waals surface area (Å²) in [6.07, 6.45) is 2.89. The lowest BCUT2D eigenvalue weighted by molar-refractivity contribution is -0.146. The summed E-state index contributed by atoms with van der Waals surface area (Å²) in [5.74, 6) is 0.983. The summed E-state index contributed by atoms with van der Waals surface area (Å²) in [7, 11) is 2.97. The molecule has 7 nitrogen and oxygen atoms in total. The molecule has 0 aromatic heterocycles. The lowest BCUT2D eigenvalue weighted by atomic mass is 9.82. The second kappa shape index (κ2) is 11.8. The first kappa shape index (κ1) is 25.4. The highest BCUT2D eigenvalue weighted by molar-refractivity contribution is 6.32. The van der Waals surface area contributed by atoms with Crippen LogP contribution in [0.1, 0.15) is 60.2 Å². The predicted molar refractivity (Wildman–Crippen MR) is 128 cm³/mol. The van der Waals surface area contributed by atoms with Crippen LogP contribution in [-0.4, -0.2) is 32.6 Å². The van der Waals surface area contributed by atoms with Crippen molar-refractivity contribution in [2.45, 2.75) is 38.7 Å². The van der Waals surface area contributed by atoms with Crippen LogP contribution in [0.5, 0.6) is 11.5 Å². The summed E-state index contributed by atoms with van der Waals surface area (Å²) in [5.41, 5.74) is 1.67. The molecule has 1 aliphatic rings. The molecule has 0 saturated heterocycles. The number of nitrogens with zero attached hydrogens (tertiary/aromatic N) is 1. The summed E-state index contributed by atoms with van der Waals surface area (Å²) in [6.45, 7) is 2.39. The molecule has 1 saturated carbocycles. The molecule has 1 unspecified atom stereocenters. The first-order valence-electron chi connectivity index (χ1n) is 11.3. The quantitative estimate of drug-likeness (QED) is 0.525. The molecule has 0 heterocycles. The Morgan fingerprint density at radius 2 is 1.82 bits per heavy atom. The molecule has 34 heavy (non-hydrogen) atoms. The van der Waals surface area contributed by atoms with Crippen LogP contribution in [0.3, 0.4) is 0 Å². The predicted octanol–water partition coefficient (Wildman–Crippen LogP) is 5.07. The maximum atomic E-state index is 12.6. The van der Waals surface area contributed by atoms with Crippen molar-refractivity contribution >= 4 is 23.5 Å². The highest BCUT2D eigenvalue weighted by Crippen LogP contribution is 2.34. The standard InChI is InChI=1S/C26H29ClN2O5/c1-16(21-12-18(14-28)6-10-23(21)32-2)34-24-11-9-20(13-22(24)27)25(30)29-15-17-4-7-19(8-5-17)26(31)33-3/h6,9-13,16-17,19H,4-5,7-8,15H2,1-3H3,(H,29,30)/t16?,17-,19-. The number of carbonyl (C=O) groups is 2. The Morgan fingerprint density at radius 1 is 1.12 bits per heavy atom. The fourth-order valence-electron chi connectivity index (χ4n) is 4.22. The van der Waals surface area contributed by atoms with Crippen LogP contribution in [0.4, 0.5) is 0 Å². The van der Waals surface area contributed by atoms with E-state index in [4.69, 9.17) is 25.8 Å². The van der Waals surface area contributed by atoms with Gasteiger partial charge in [-0.2, -0.15) is 5.26 Å². The monoisotopic (exact) mass is 484 g/mol. The Hall–Kier alpha value is -3.24. The van der Waals surface area contributed by atoms with Gasteiger partial charge in [0, 0.05) is 17.7 Å². The molecule has 3 rings (SSSR count). The summed E-state index contributed by atoms with van der Waals surface area (Å²) < 4.78 is 16.2. The number of carbonyl (C=O) groups excluding carboxylic acids is 2. The van der Waals surface area contributed by atoms with E-state index in [1.165, 1.54) is 7.11 Å². The van der Waals surface area contributed by atoms with Gasteiger partial charge in [0.1, 0.15) is 17.6 Å². The highest BCUT2D eigenvalue weighted by atomic mass is 35.5. The van der Waals surface area contributed by atoms with Gasteiger partial charge in [0.15, 0.2) is 0 Å². The highest BCUT2D eigenvalue weighted by Gasteiger charge is 2.27. The van der Waals surface area contributed by atoms with E-state index in [9.17, 15) is 14.9 Å². The molecule has 1 amide bonds. The van der Waals surface area contributed by atoms with Gasteiger partial charge in [0.2, 0.25) is 0 Å². The summed E-state index contributed by atoms with van der Waals surface area (Å²) >= 11 is 6.41. The van der Waals surface area contributed by atoms with Crippen LogP contribution in [0.25, 0.3) is 0 Å². The lowest BCUT2D eigenvalue weighted by Crippen LogP contribution is -2.32. The third-order valence-electron chi connectivity index (χ3n) is 6.23. The van der Waals surface area contributed by atoms with Gasteiger partial charge in [-0.1, -0.05) is 11.6 Å². The van der Waals surface area contributed by atoms with Gasteiger partial charge in [-0.15, -0.1) is 0 Å². The van der Waals surface area contributed by atoms with Crippen molar-refractivity contribution in [3.05, 3.63) is 58.1 Å². The Labute approximate surface area is 205 Å². The van der Waals surface area contributed by atoms with Crippen LogP contribution in [0, 0.1) is 23.2 Å². The molecule has 2 aromatic rings. The van der Waals surface area contributed by atoms with E-state index in [1.807, 2.05) is 6.92 Å². The molecule has 0 spiro atoms. The molecule has 0 aliphatic heterocycles. The Morgan fingerprint density at radius 3 is 2.44 bits per heavy atom. The van der Waals surface area contributed by atoms with Gasteiger partial charge in [0.25, 0.3) is 5.91 Å². The summed E-state index contributed by atoms with van der Waals surface area (Å²) in [5, 5.41) is 12.5. The van der Waals surface area contributed by atoms with Crippen LogP contribution in [0.15, 0.2) is 36.4 Å². The van der Waals surface area contributed by atoms with E-state index in [2.05, 4.69) is 11.4 Å². The van der Waals surface area contributed by atoms with Crippen molar-refractivity contribution < 1.29 is 23.8 Å². The molecule has 1 atom stereocenters. The van der Waals surface area contributed by atoms with E-state index < -0.39 is 6.10 Å². The molecule has 180 valence electrons. The molecular weight excluding hydrogens is 456 g/mol. The number of halogens is 1. The van der Waals surface area contributed by atoms with Crippen LogP contribution in [-0.2, 0) is 9.53 Å². The van der Waals surface area contributed by atoms with Gasteiger partial charge < -0.3 is 19.5 Å². The van der Waals surface area contributed by atoms with Gasteiger partial charge in [-0.3, -0.25) is 9.59 Å². The second-order valence-corrected chi connectivity index (χ2v) is 8.83. The van der Waals surface area contributed by atoms with Gasteiger partial charge in [-0.05, 0) is 74.9 Å². The van der Waals surface area contributed by atoms with Crippen LogP contribution >= 0.6 is 11.6 Å². The smallest absolute Gasteiger partial charge is 0.308 e. The molecule has 1 N–H and O–H groups in total. The van der Waals surface area contributed by atoms with Gasteiger partial charge >= 0.3 is 5.97 Å². The number of nitrogens with one attached hydrogen (secondary N) is 1. The molecule has 8 heteroatoms. The van der Waals surface area contributed by atoms with Gasteiger partial charge in [0.05, 0.1) is 36.8 Å². The first-order valence-corrected chi connectivity index (χ1v) is 11.6. The zero-order chi connectivity index (χ0) is 24.7. The lowest BCUT2D eigenvalue weighted by Gasteiger charge is -2.27. The number of amides is 1. The largest absolute Gasteiger partial charge is 0.496 e. The summed E-state index contributed by atoms with van der Waals surface area (Å²) in [6, 6.07) is 12.1. The van der Waals surface area contributed by atoms with Crippen molar-refractivity contribution in [1.29, 1.82) is 5.26 Å². The number of methoxy groups -OCH3 is 2. The zero-order valence-corrected chi connectivity index (χ0v) is 20.4. The van der Waals surface area contributed by atoms with E-state index in [0.717, 1.165) is 31.2 Å².